The zero-order valence-electron chi connectivity index (χ0n) is 16.6. The van der Waals surface area contributed by atoms with Gasteiger partial charge in [0.25, 0.3) is 0 Å². The number of aryl methyl sites for hydroxylation is 1. The number of terminal acetylenes is 1. The first-order chi connectivity index (χ1) is 14.6. The van der Waals surface area contributed by atoms with Crippen molar-refractivity contribution in [3.8, 4) is 12.3 Å². The maximum atomic E-state index is 14.4. The lowest BCUT2D eigenvalue weighted by Gasteiger charge is -2.08. The lowest BCUT2D eigenvalue weighted by molar-refractivity contribution is 0.140. The summed E-state index contributed by atoms with van der Waals surface area (Å²) in [5.74, 6) is 2.34. The molecule has 0 fully saturated rings. The number of ether oxygens (including phenoxy) is 1. The number of hydrogen-bond donors (Lipinski definition) is 2. The molecule has 6 heteroatoms. The summed E-state index contributed by atoms with van der Waals surface area (Å²) in [7, 11) is 0. The summed E-state index contributed by atoms with van der Waals surface area (Å²) in [6.45, 7) is 0.615. The third-order valence-corrected chi connectivity index (χ3v) is 5.33. The zero-order chi connectivity index (χ0) is 21.3. The molecule has 0 atom stereocenters. The highest BCUT2D eigenvalue weighted by Crippen LogP contribution is 2.29. The Morgan fingerprint density at radius 3 is 2.77 bits per heavy atom. The van der Waals surface area contributed by atoms with Crippen molar-refractivity contribution < 1.29 is 13.9 Å². The fourth-order valence-corrected chi connectivity index (χ4v) is 3.85. The van der Waals surface area contributed by atoms with Gasteiger partial charge in [-0.2, -0.15) is 0 Å². The summed E-state index contributed by atoms with van der Waals surface area (Å²) in [4.78, 5) is 15.2. The first kappa shape index (κ1) is 21.9. The first-order valence-electron chi connectivity index (χ1n) is 9.95. The third kappa shape index (κ3) is 5.87. The van der Waals surface area contributed by atoms with E-state index >= 15 is 0 Å². The van der Waals surface area contributed by atoms with Crippen molar-refractivity contribution in [2.24, 2.45) is 0 Å². The van der Waals surface area contributed by atoms with Gasteiger partial charge < -0.3 is 15.0 Å². The number of rotatable bonds is 9. The maximum absolute atomic E-state index is 14.4. The summed E-state index contributed by atoms with van der Waals surface area (Å²) in [6, 6.07) is 12.9. The molecule has 2 N–H and O–H groups in total. The van der Waals surface area contributed by atoms with Gasteiger partial charge in [-0.25, -0.2) is 9.18 Å². The number of carbonyl (C=O) groups excluding carboxylic acids is 1. The molecule has 0 aliphatic carbocycles. The van der Waals surface area contributed by atoms with Gasteiger partial charge in [-0.1, -0.05) is 46.3 Å². The Morgan fingerprint density at radius 2 is 2.00 bits per heavy atom. The number of alkyl carbamates (subject to hydrolysis) is 1. The smallest absolute Gasteiger partial charge is 0.407 e. The standard InChI is InChI=1S/C24H24BrFN2O2/c1-2-3-4-8-11-22-19(20-14-18(25)15-21(26)23(20)28-22)12-13-27-24(29)30-16-17-9-6-5-7-10-17/h1,5-7,9-10,14-15,28H,3-4,8,11-13,16H2,(H,27,29). The number of benzene rings is 2. The first-order valence-corrected chi connectivity index (χ1v) is 10.7. The van der Waals surface area contributed by atoms with Crippen LogP contribution < -0.4 is 5.32 Å². The van der Waals surface area contributed by atoms with Crippen LogP contribution >= 0.6 is 15.9 Å². The number of H-pyrrole nitrogens is 1. The van der Waals surface area contributed by atoms with E-state index in [1.807, 2.05) is 36.4 Å². The molecular weight excluding hydrogens is 447 g/mol. The third-order valence-electron chi connectivity index (χ3n) is 4.88. The van der Waals surface area contributed by atoms with Crippen LogP contribution in [0, 0.1) is 18.2 Å². The molecule has 4 nitrogen and oxygen atoms in total. The second-order valence-electron chi connectivity index (χ2n) is 7.04. The number of halogens is 2. The number of hydrogen-bond acceptors (Lipinski definition) is 2. The predicted octanol–water partition coefficient (Wildman–Crippen LogP) is 5.88. The molecule has 0 unspecified atom stereocenters. The molecule has 156 valence electrons. The van der Waals surface area contributed by atoms with Crippen LogP contribution in [0.1, 0.15) is 36.1 Å². The Balaban J connectivity index is 1.64. The molecule has 3 rings (SSSR count). The number of fused-ring (bicyclic) bond motifs is 1. The van der Waals surface area contributed by atoms with Crippen LogP contribution in [0.25, 0.3) is 10.9 Å². The average molecular weight is 471 g/mol. The predicted molar refractivity (Wildman–Crippen MR) is 121 cm³/mol. The van der Waals surface area contributed by atoms with Gasteiger partial charge in [0.1, 0.15) is 12.4 Å². The molecule has 0 aliphatic heterocycles. The van der Waals surface area contributed by atoms with E-state index in [1.165, 1.54) is 6.07 Å². The van der Waals surface area contributed by atoms with Crippen LogP contribution in [-0.2, 0) is 24.2 Å². The SMILES string of the molecule is C#CCCCCc1[nH]c2c(F)cc(Br)cc2c1CCNC(=O)OCc1ccccc1. The van der Waals surface area contributed by atoms with Crippen molar-refractivity contribution in [1.82, 2.24) is 10.3 Å². The second-order valence-corrected chi connectivity index (χ2v) is 7.96. The number of aromatic nitrogens is 1. The molecule has 0 saturated carbocycles. The Morgan fingerprint density at radius 1 is 1.20 bits per heavy atom. The highest BCUT2D eigenvalue weighted by atomic mass is 79.9. The minimum Gasteiger partial charge on any atom is -0.445 e. The minimum absolute atomic E-state index is 0.221. The topological polar surface area (TPSA) is 54.1 Å². The molecule has 30 heavy (non-hydrogen) atoms. The Kier molecular flexibility index (Phi) is 7.92. The quantitative estimate of drug-likeness (QED) is 0.302. The molecule has 3 aromatic rings. The Hall–Kier alpha value is -2.78. The molecule has 1 amide bonds. The maximum Gasteiger partial charge on any atom is 0.407 e. The van der Waals surface area contributed by atoms with E-state index in [-0.39, 0.29) is 12.4 Å². The lowest BCUT2D eigenvalue weighted by Crippen LogP contribution is -2.26. The molecule has 0 spiro atoms. The van der Waals surface area contributed by atoms with Gasteiger partial charge in [-0.15, -0.1) is 12.3 Å². The summed E-state index contributed by atoms with van der Waals surface area (Å²) in [5.41, 5.74) is 3.42. The van der Waals surface area contributed by atoms with E-state index in [4.69, 9.17) is 11.2 Å². The molecule has 1 aromatic heterocycles. The number of unbranched alkanes of at least 4 members (excludes halogenated alkanes) is 2. The van der Waals surface area contributed by atoms with Crippen molar-refractivity contribution in [1.29, 1.82) is 0 Å². The van der Waals surface area contributed by atoms with Crippen LogP contribution in [0.3, 0.4) is 0 Å². The van der Waals surface area contributed by atoms with E-state index in [1.54, 1.807) is 0 Å². The Bertz CT molecular complexity index is 1040. The number of carbonyl (C=O) groups is 1. The lowest BCUT2D eigenvalue weighted by atomic mass is 10.0. The number of aromatic amines is 1. The largest absolute Gasteiger partial charge is 0.445 e. The fraction of sp³-hybridized carbons (Fsp3) is 0.292. The van der Waals surface area contributed by atoms with Crippen molar-refractivity contribution in [2.75, 3.05) is 6.54 Å². The zero-order valence-corrected chi connectivity index (χ0v) is 18.2. The molecule has 0 aliphatic rings. The second kappa shape index (κ2) is 10.8. The van der Waals surface area contributed by atoms with Crippen LogP contribution in [0.2, 0.25) is 0 Å². The monoisotopic (exact) mass is 470 g/mol. The molecule has 0 radical (unpaired) electrons. The molecule has 1 heterocycles. The Labute approximate surface area is 184 Å². The fourth-order valence-electron chi connectivity index (χ4n) is 3.42. The summed E-state index contributed by atoms with van der Waals surface area (Å²) in [5, 5.41) is 3.61. The van der Waals surface area contributed by atoms with E-state index in [0.717, 1.165) is 47.9 Å². The number of amides is 1. The van der Waals surface area contributed by atoms with E-state index < -0.39 is 6.09 Å². The molecule has 0 saturated heterocycles. The molecule has 2 aromatic carbocycles. The summed E-state index contributed by atoms with van der Waals surface area (Å²) < 4.78 is 20.4. The minimum atomic E-state index is -0.471. The van der Waals surface area contributed by atoms with Crippen molar-refractivity contribution in [3.05, 3.63) is 69.6 Å². The van der Waals surface area contributed by atoms with Gasteiger partial charge >= 0.3 is 6.09 Å². The highest BCUT2D eigenvalue weighted by Gasteiger charge is 2.15. The van der Waals surface area contributed by atoms with Gasteiger partial charge in [-0.05, 0) is 48.9 Å². The van der Waals surface area contributed by atoms with Crippen LogP contribution in [0.4, 0.5) is 9.18 Å². The van der Waals surface area contributed by atoms with Crippen molar-refractivity contribution in [2.45, 2.75) is 38.7 Å². The van der Waals surface area contributed by atoms with E-state index in [0.29, 0.717) is 23.0 Å². The van der Waals surface area contributed by atoms with Crippen LogP contribution in [0.15, 0.2) is 46.9 Å². The molecular formula is C24H24BrFN2O2. The van der Waals surface area contributed by atoms with Gasteiger partial charge in [0, 0.05) is 28.5 Å². The van der Waals surface area contributed by atoms with Crippen LogP contribution in [0.5, 0.6) is 0 Å². The van der Waals surface area contributed by atoms with Gasteiger partial charge in [0.2, 0.25) is 0 Å². The highest BCUT2D eigenvalue weighted by molar-refractivity contribution is 9.10. The normalized spacial score (nSPS) is 10.7. The van der Waals surface area contributed by atoms with E-state index in [9.17, 15) is 9.18 Å². The van der Waals surface area contributed by atoms with Gasteiger partial charge in [0.05, 0.1) is 5.52 Å². The van der Waals surface area contributed by atoms with E-state index in [2.05, 4.69) is 32.2 Å². The summed E-state index contributed by atoms with van der Waals surface area (Å²) in [6.07, 6.45) is 8.77. The summed E-state index contributed by atoms with van der Waals surface area (Å²) >= 11 is 3.37. The molecule has 0 bridgehead atoms. The number of nitrogens with one attached hydrogen (secondary N) is 2. The van der Waals surface area contributed by atoms with Gasteiger partial charge in [0.15, 0.2) is 0 Å². The van der Waals surface area contributed by atoms with Crippen molar-refractivity contribution >= 4 is 32.9 Å². The van der Waals surface area contributed by atoms with Gasteiger partial charge in [-0.3, -0.25) is 0 Å². The average Bonchev–Trinajstić information content (AvgIpc) is 3.08. The van der Waals surface area contributed by atoms with Crippen LogP contribution in [-0.4, -0.2) is 17.6 Å². The van der Waals surface area contributed by atoms with Crippen molar-refractivity contribution in [3.63, 3.8) is 0 Å².